The van der Waals surface area contributed by atoms with Crippen LogP contribution in [0, 0.1) is 6.92 Å². The predicted octanol–water partition coefficient (Wildman–Crippen LogP) is 1.85. The van der Waals surface area contributed by atoms with Crippen molar-refractivity contribution >= 4 is 0 Å². The van der Waals surface area contributed by atoms with Crippen molar-refractivity contribution in [3.05, 3.63) is 23.8 Å². The highest BCUT2D eigenvalue weighted by Crippen LogP contribution is 2.12. The molecule has 0 radical (unpaired) electrons. The van der Waals surface area contributed by atoms with Crippen molar-refractivity contribution in [1.29, 1.82) is 0 Å². The lowest BCUT2D eigenvalue weighted by Gasteiger charge is -2.12. The second-order valence-corrected chi connectivity index (χ2v) is 3.25. The lowest BCUT2D eigenvalue weighted by atomic mass is 10.1. The van der Waals surface area contributed by atoms with Gasteiger partial charge in [0.25, 0.3) is 0 Å². The van der Waals surface area contributed by atoms with Gasteiger partial charge in [-0.1, -0.05) is 13.3 Å². The third-order valence-electron chi connectivity index (χ3n) is 2.04. The molecule has 0 fully saturated rings. The van der Waals surface area contributed by atoms with Crippen LogP contribution in [0.2, 0.25) is 0 Å². The number of nitrogens with zero attached hydrogens (tertiary/aromatic N) is 2. The van der Waals surface area contributed by atoms with Crippen molar-refractivity contribution in [2.45, 2.75) is 32.7 Å². The van der Waals surface area contributed by atoms with Crippen molar-refractivity contribution in [1.82, 2.24) is 15.3 Å². The molecular formula is C10H17N3. The molecule has 1 N–H and O–H groups in total. The van der Waals surface area contributed by atoms with Gasteiger partial charge in [0, 0.05) is 12.4 Å². The zero-order valence-corrected chi connectivity index (χ0v) is 8.54. The van der Waals surface area contributed by atoms with Gasteiger partial charge in [-0.15, -0.1) is 0 Å². The summed E-state index contributed by atoms with van der Waals surface area (Å²) in [6.45, 7) is 4.16. The zero-order chi connectivity index (χ0) is 9.68. The van der Waals surface area contributed by atoms with Crippen LogP contribution in [0.1, 0.15) is 37.2 Å². The summed E-state index contributed by atoms with van der Waals surface area (Å²) in [6, 6.07) is 0.297. The average molecular weight is 179 g/mol. The van der Waals surface area contributed by atoms with Gasteiger partial charge < -0.3 is 5.32 Å². The first-order valence-electron chi connectivity index (χ1n) is 4.73. The van der Waals surface area contributed by atoms with Crippen LogP contribution in [0.25, 0.3) is 0 Å². The van der Waals surface area contributed by atoms with Crippen molar-refractivity contribution in [2.24, 2.45) is 0 Å². The van der Waals surface area contributed by atoms with Crippen LogP contribution in [0.4, 0.5) is 0 Å². The molecule has 3 nitrogen and oxygen atoms in total. The van der Waals surface area contributed by atoms with Gasteiger partial charge in [-0.05, 0) is 26.0 Å². The molecule has 1 atom stereocenters. The molecule has 1 aromatic heterocycles. The Bertz CT molecular complexity index is 243. The Morgan fingerprint density at radius 3 is 2.46 bits per heavy atom. The minimum atomic E-state index is 0.297. The van der Waals surface area contributed by atoms with E-state index in [0.29, 0.717) is 6.04 Å². The summed E-state index contributed by atoms with van der Waals surface area (Å²) in [5.74, 6) is 0.898. The molecule has 0 bridgehead atoms. The quantitative estimate of drug-likeness (QED) is 0.766. The number of aryl methyl sites for hydroxylation is 1. The standard InChI is InChI=1S/C10H17N3/c1-4-5-9(11-3)10-12-6-8(2)7-13-10/h6-7,9,11H,4-5H2,1-3H3. The highest BCUT2D eigenvalue weighted by Gasteiger charge is 2.09. The molecule has 0 saturated heterocycles. The molecule has 0 aliphatic rings. The van der Waals surface area contributed by atoms with E-state index < -0.39 is 0 Å². The predicted molar refractivity (Wildman–Crippen MR) is 53.5 cm³/mol. The average Bonchev–Trinajstić information content (AvgIpc) is 2.16. The molecule has 1 rings (SSSR count). The smallest absolute Gasteiger partial charge is 0.145 e. The van der Waals surface area contributed by atoms with Crippen molar-refractivity contribution in [3.63, 3.8) is 0 Å². The summed E-state index contributed by atoms with van der Waals surface area (Å²) in [4.78, 5) is 8.59. The monoisotopic (exact) mass is 179 g/mol. The molecule has 72 valence electrons. The minimum Gasteiger partial charge on any atom is -0.310 e. The van der Waals surface area contributed by atoms with Crippen molar-refractivity contribution < 1.29 is 0 Å². The molecule has 0 aromatic carbocycles. The summed E-state index contributed by atoms with van der Waals surface area (Å²) in [5.41, 5.74) is 1.11. The van der Waals surface area contributed by atoms with Crippen LogP contribution in [0.15, 0.2) is 12.4 Å². The molecule has 0 amide bonds. The first kappa shape index (κ1) is 10.1. The third-order valence-corrected chi connectivity index (χ3v) is 2.04. The van der Waals surface area contributed by atoms with Gasteiger partial charge in [-0.25, -0.2) is 9.97 Å². The van der Waals surface area contributed by atoms with E-state index in [4.69, 9.17) is 0 Å². The van der Waals surface area contributed by atoms with E-state index in [1.807, 2.05) is 26.4 Å². The van der Waals surface area contributed by atoms with Crippen molar-refractivity contribution in [2.75, 3.05) is 7.05 Å². The second kappa shape index (κ2) is 4.92. The number of rotatable bonds is 4. The summed E-state index contributed by atoms with van der Waals surface area (Å²) in [7, 11) is 1.95. The number of aromatic nitrogens is 2. The fraction of sp³-hybridized carbons (Fsp3) is 0.600. The van der Waals surface area contributed by atoms with Crippen LogP contribution in [-0.4, -0.2) is 17.0 Å². The molecule has 0 aliphatic heterocycles. The molecule has 13 heavy (non-hydrogen) atoms. The van der Waals surface area contributed by atoms with E-state index in [-0.39, 0.29) is 0 Å². The fourth-order valence-electron chi connectivity index (χ4n) is 1.27. The zero-order valence-electron chi connectivity index (χ0n) is 8.54. The molecular weight excluding hydrogens is 162 g/mol. The lowest BCUT2D eigenvalue weighted by Crippen LogP contribution is -2.18. The van der Waals surface area contributed by atoms with E-state index in [1.54, 1.807) is 0 Å². The van der Waals surface area contributed by atoms with E-state index in [2.05, 4.69) is 22.2 Å². The highest BCUT2D eigenvalue weighted by molar-refractivity contribution is 5.04. The summed E-state index contributed by atoms with van der Waals surface area (Å²) in [6.07, 6.45) is 5.95. The van der Waals surface area contributed by atoms with Crippen LogP contribution in [0.5, 0.6) is 0 Å². The molecule has 0 spiro atoms. The SMILES string of the molecule is CCCC(NC)c1ncc(C)cn1. The Labute approximate surface area is 79.6 Å². The van der Waals surface area contributed by atoms with Crippen LogP contribution in [-0.2, 0) is 0 Å². The van der Waals surface area contributed by atoms with Crippen molar-refractivity contribution in [3.8, 4) is 0 Å². The maximum atomic E-state index is 4.29. The Morgan fingerprint density at radius 1 is 1.38 bits per heavy atom. The van der Waals surface area contributed by atoms with E-state index in [0.717, 1.165) is 24.2 Å². The molecule has 0 saturated carbocycles. The molecule has 1 unspecified atom stereocenters. The van der Waals surface area contributed by atoms with Gasteiger partial charge in [0.2, 0.25) is 0 Å². The van der Waals surface area contributed by atoms with E-state index in [1.165, 1.54) is 0 Å². The first-order chi connectivity index (χ1) is 6.27. The topological polar surface area (TPSA) is 37.8 Å². The lowest BCUT2D eigenvalue weighted by molar-refractivity contribution is 0.513. The van der Waals surface area contributed by atoms with E-state index in [9.17, 15) is 0 Å². The van der Waals surface area contributed by atoms with Gasteiger partial charge in [-0.2, -0.15) is 0 Å². The van der Waals surface area contributed by atoms with Gasteiger partial charge in [0.05, 0.1) is 6.04 Å². The van der Waals surface area contributed by atoms with Crippen LogP contribution in [0.3, 0.4) is 0 Å². The largest absolute Gasteiger partial charge is 0.310 e. The molecule has 0 aliphatic carbocycles. The minimum absolute atomic E-state index is 0.297. The maximum Gasteiger partial charge on any atom is 0.145 e. The van der Waals surface area contributed by atoms with Gasteiger partial charge in [0.15, 0.2) is 0 Å². The van der Waals surface area contributed by atoms with Gasteiger partial charge >= 0.3 is 0 Å². The number of nitrogens with one attached hydrogen (secondary N) is 1. The molecule has 1 aromatic rings. The van der Waals surface area contributed by atoms with Crippen LogP contribution < -0.4 is 5.32 Å². The highest BCUT2D eigenvalue weighted by atomic mass is 15.0. The van der Waals surface area contributed by atoms with Gasteiger partial charge in [0.1, 0.15) is 5.82 Å². The third kappa shape index (κ3) is 2.77. The fourth-order valence-corrected chi connectivity index (χ4v) is 1.27. The Morgan fingerprint density at radius 2 is 2.00 bits per heavy atom. The van der Waals surface area contributed by atoms with E-state index >= 15 is 0 Å². The normalized spacial score (nSPS) is 12.8. The van der Waals surface area contributed by atoms with Crippen LogP contribution >= 0.6 is 0 Å². The maximum absolute atomic E-state index is 4.29. The number of hydrogen-bond acceptors (Lipinski definition) is 3. The molecule has 1 heterocycles. The summed E-state index contributed by atoms with van der Waals surface area (Å²) < 4.78 is 0. The summed E-state index contributed by atoms with van der Waals surface area (Å²) in [5, 5.41) is 3.21. The Kier molecular flexibility index (Phi) is 3.83. The van der Waals surface area contributed by atoms with Gasteiger partial charge in [-0.3, -0.25) is 0 Å². The summed E-state index contributed by atoms with van der Waals surface area (Å²) >= 11 is 0. The Balaban J connectivity index is 2.73. The second-order valence-electron chi connectivity index (χ2n) is 3.25. The Hall–Kier alpha value is -0.960. The number of hydrogen-bond donors (Lipinski definition) is 1. The first-order valence-corrected chi connectivity index (χ1v) is 4.73. The molecule has 3 heteroatoms.